The van der Waals surface area contributed by atoms with Crippen molar-refractivity contribution < 1.29 is 19.1 Å². The van der Waals surface area contributed by atoms with Gasteiger partial charge in [-0.2, -0.15) is 0 Å². The van der Waals surface area contributed by atoms with Gasteiger partial charge in [-0.05, 0) is 30.7 Å². The van der Waals surface area contributed by atoms with Crippen LogP contribution >= 0.6 is 0 Å². The zero-order chi connectivity index (χ0) is 19.9. The van der Waals surface area contributed by atoms with Crippen molar-refractivity contribution in [2.45, 2.75) is 19.9 Å². The van der Waals surface area contributed by atoms with E-state index in [2.05, 4.69) is 10.9 Å². The van der Waals surface area contributed by atoms with Gasteiger partial charge in [-0.1, -0.05) is 36.4 Å². The van der Waals surface area contributed by atoms with Gasteiger partial charge in [0.2, 0.25) is 11.8 Å². The second kappa shape index (κ2) is 9.03. The molecule has 0 aliphatic carbocycles. The minimum atomic E-state index is -0.494. The number of nitrogens with zero attached hydrogens (tertiary/aromatic N) is 1. The molecule has 0 spiro atoms. The van der Waals surface area contributed by atoms with Crippen LogP contribution in [-0.4, -0.2) is 35.8 Å². The molecule has 28 heavy (non-hydrogen) atoms. The number of hydrazine groups is 1. The van der Waals surface area contributed by atoms with Gasteiger partial charge in [-0.3, -0.25) is 25.2 Å². The van der Waals surface area contributed by atoms with E-state index in [1.807, 2.05) is 37.3 Å². The van der Waals surface area contributed by atoms with Crippen molar-refractivity contribution in [3.63, 3.8) is 0 Å². The largest absolute Gasteiger partial charge is 0.494 e. The molecule has 3 rings (SSSR count). The zero-order valence-electron chi connectivity index (χ0n) is 15.7. The van der Waals surface area contributed by atoms with E-state index in [-0.39, 0.29) is 18.2 Å². The Morgan fingerprint density at radius 2 is 1.89 bits per heavy atom. The monoisotopic (exact) mass is 381 g/mol. The molecular weight excluding hydrogens is 358 g/mol. The molecule has 0 aromatic heterocycles. The van der Waals surface area contributed by atoms with E-state index in [4.69, 9.17) is 4.74 Å². The lowest BCUT2D eigenvalue weighted by atomic mass is 10.1. The van der Waals surface area contributed by atoms with E-state index in [0.717, 1.165) is 5.56 Å². The third-order valence-electron chi connectivity index (χ3n) is 4.51. The van der Waals surface area contributed by atoms with Crippen molar-refractivity contribution in [3.05, 3.63) is 65.7 Å². The summed E-state index contributed by atoms with van der Waals surface area (Å²) < 4.78 is 5.37. The number of benzene rings is 2. The summed E-state index contributed by atoms with van der Waals surface area (Å²) in [5.41, 5.74) is 6.21. The van der Waals surface area contributed by atoms with Gasteiger partial charge >= 0.3 is 0 Å². The molecule has 2 aromatic rings. The van der Waals surface area contributed by atoms with E-state index >= 15 is 0 Å². The highest BCUT2D eigenvalue weighted by atomic mass is 16.5. The van der Waals surface area contributed by atoms with Crippen LogP contribution in [0.3, 0.4) is 0 Å². The minimum absolute atomic E-state index is 0.0697. The Kier molecular flexibility index (Phi) is 6.26. The number of ether oxygens (including phenoxy) is 1. The van der Waals surface area contributed by atoms with Crippen LogP contribution in [0.4, 0.5) is 0 Å². The van der Waals surface area contributed by atoms with E-state index in [1.54, 1.807) is 29.2 Å². The maximum absolute atomic E-state index is 12.4. The van der Waals surface area contributed by atoms with Crippen LogP contribution in [0.2, 0.25) is 0 Å². The molecule has 146 valence electrons. The number of hydrogen-bond donors (Lipinski definition) is 2. The number of carbonyl (C=O) groups is 3. The number of rotatable bonds is 6. The summed E-state index contributed by atoms with van der Waals surface area (Å²) in [5, 5.41) is 0. The fourth-order valence-electron chi connectivity index (χ4n) is 3.09. The van der Waals surface area contributed by atoms with Crippen LogP contribution < -0.4 is 15.6 Å². The normalized spacial score (nSPS) is 16.0. The first-order chi connectivity index (χ1) is 13.6. The molecule has 1 fully saturated rings. The second-order valence-electron chi connectivity index (χ2n) is 6.57. The Hall–Kier alpha value is -3.35. The van der Waals surface area contributed by atoms with Gasteiger partial charge in [0.15, 0.2) is 0 Å². The van der Waals surface area contributed by atoms with Crippen molar-refractivity contribution in [2.24, 2.45) is 5.92 Å². The lowest BCUT2D eigenvalue weighted by Gasteiger charge is -2.16. The third kappa shape index (κ3) is 4.88. The van der Waals surface area contributed by atoms with Crippen LogP contribution in [0.5, 0.6) is 5.75 Å². The summed E-state index contributed by atoms with van der Waals surface area (Å²) in [4.78, 5) is 38.5. The van der Waals surface area contributed by atoms with Gasteiger partial charge < -0.3 is 9.64 Å². The van der Waals surface area contributed by atoms with Crippen molar-refractivity contribution in [1.82, 2.24) is 15.8 Å². The number of amides is 3. The zero-order valence-corrected chi connectivity index (χ0v) is 15.7. The highest BCUT2D eigenvalue weighted by Crippen LogP contribution is 2.20. The maximum atomic E-state index is 12.4. The molecule has 0 bridgehead atoms. The number of hydrogen-bond acceptors (Lipinski definition) is 4. The third-order valence-corrected chi connectivity index (χ3v) is 4.51. The number of likely N-dealkylation sites (tertiary alicyclic amines) is 1. The summed E-state index contributed by atoms with van der Waals surface area (Å²) in [6.45, 7) is 3.16. The molecular formula is C21H23N3O4. The van der Waals surface area contributed by atoms with E-state index in [1.165, 1.54) is 0 Å². The average molecular weight is 381 g/mol. The summed E-state index contributed by atoms with van der Waals surface area (Å²) in [6, 6.07) is 16.3. The molecule has 0 radical (unpaired) electrons. The standard InChI is InChI=1S/C21H23N3O4/c1-2-28-18-10-6-9-16(11-18)20(26)22-23-21(27)17-12-19(25)24(14-17)13-15-7-4-3-5-8-15/h3-11,17H,2,12-14H2,1H3,(H,22,26)(H,23,27). The van der Waals surface area contributed by atoms with E-state index < -0.39 is 11.8 Å². The summed E-state index contributed by atoms with van der Waals surface area (Å²) in [6.07, 6.45) is 0.133. The quantitative estimate of drug-likeness (QED) is 0.748. The first-order valence-corrected chi connectivity index (χ1v) is 9.21. The molecule has 2 aromatic carbocycles. The van der Waals surface area contributed by atoms with Crippen LogP contribution in [-0.2, 0) is 16.1 Å². The van der Waals surface area contributed by atoms with Gasteiger partial charge in [-0.15, -0.1) is 0 Å². The molecule has 2 N–H and O–H groups in total. The summed E-state index contributed by atoms with van der Waals surface area (Å²) >= 11 is 0. The fraction of sp³-hybridized carbons (Fsp3) is 0.286. The van der Waals surface area contributed by atoms with Crippen molar-refractivity contribution in [2.75, 3.05) is 13.2 Å². The fourth-order valence-corrected chi connectivity index (χ4v) is 3.09. The number of nitrogens with one attached hydrogen (secondary N) is 2. The molecule has 1 aliphatic heterocycles. The van der Waals surface area contributed by atoms with Crippen LogP contribution in [0, 0.1) is 5.92 Å². The predicted molar refractivity (Wildman–Crippen MR) is 103 cm³/mol. The lowest BCUT2D eigenvalue weighted by molar-refractivity contribution is -0.129. The topological polar surface area (TPSA) is 87.7 Å². The highest BCUT2D eigenvalue weighted by Gasteiger charge is 2.34. The average Bonchev–Trinajstić information content (AvgIpc) is 3.07. The Morgan fingerprint density at radius 1 is 1.11 bits per heavy atom. The second-order valence-corrected chi connectivity index (χ2v) is 6.57. The molecule has 7 heteroatoms. The van der Waals surface area contributed by atoms with Gasteiger partial charge in [0.05, 0.1) is 12.5 Å². The van der Waals surface area contributed by atoms with Gasteiger partial charge in [0, 0.05) is 25.1 Å². The summed E-state index contributed by atoms with van der Waals surface area (Å²) in [5.74, 6) is -0.802. The number of carbonyl (C=O) groups excluding carboxylic acids is 3. The highest BCUT2D eigenvalue weighted by molar-refractivity contribution is 5.96. The SMILES string of the molecule is CCOc1cccc(C(=O)NNC(=O)C2CC(=O)N(Cc3ccccc3)C2)c1. The first kappa shape index (κ1) is 19.4. The van der Waals surface area contributed by atoms with Crippen LogP contribution in [0.15, 0.2) is 54.6 Å². The predicted octanol–water partition coefficient (Wildman–Crippen LogP) is 1.89. The van der Waals surface area contributed by atoms with E-state index in [9.17, 15) is 14.4 Å². The lowest BCUT2D eigenvalue weighted by Crippen LogP contribution is -2.45. The molecule has 1 aliphatic rings. The van der Waals surface area contributed by atoms with Gasteiger partial charge in [0.1, 0.15) is 5.75 Å². The summed E-state index contributed by atoms with van der Waals surface area (Å²) in [7, 11) is 0. The molecule has 1 unspecified atom stereocenters. The van der Waals surface area contributed by atoms with Crippen molar-refractivity contribution in [3.8, 4) is 5.75 Å². The Morgan fingerprint density at radius 3 is 2.64 bits per heavy atom. The Labute approximate surface area is 163 Å². The molecule has 1 atom stereocenters. The molecule has 0 saturated carbocycles. The van der Waals surface area contributed by atoms with E-state index in [0.29, 0.717) is 31.0 Å². The van der Waals surface area contributed by atoms with Crippen LogP contribution in [0.1, 0.15) is 29.3 Å². The minimum Gasteiger partial charge on any atom is -0.494 e. The molecule has 7 nitrogen and oxygen atoms in total. The Bertz CT molecular complexity index is 854. The molecule has 1 heterocycles. The molecule has 1 saturated heterocycles. The maximum Gasteiger partial charge on any atom is 0.269 e. The Balaban J connectivity index is 1.51. The first-order valence-electron chi connectivity index (χ1n) is 9.21. The molecule has 3 amide bonds. The smallest absolute Gasteiger partial charge is 0.269 e. The van der Waals surface area contributed by atoms with Crippen LogP contribution in [0.25, 0.3) is 0 Å². The van der Waals surface area contributed by atoms with Gasteiger partial charge in [0.25, 0.3) is 5.91 Å². The van der Waals surface area contributed by atoms with Gasteiger partial charge in [-0.25, -0.2) is 0 Å². The van der Waals surface area contributed by atoms with Crippen molar-refractivity contribution in [1.29, 1.82) is 0 Å². The van der Waals surface area contributed by atoms with Crippen molar-refractivity contribution >= 4 is 17.7 Å².